The van der Waals surface area contributed by atoms with Crippen molar-refractivity contribution in [1.82, 2.24) is 19.7 Å². The molecule has 0 spiro atoms. The smallest absolute Gasteiger partial charge is 0.126 e. The normalized spacial score (nSPS) is 29.9. The van der Waals surface area contributed by atoms with Crippen LogP contribution in [0.5, 0.6) is 0 Å². The molecule has 2 saturated carbocycles. The standard InChI is InChI=1S/C22H29N5O/c1-12(2)27-20(21-17-8-26(9-18(17)21)15-10-28-11-15)6-19(25-27)14-5-16(13-3-4-13)22(23)24-7-14/h5-7,12-13,15,17-18,21H,3-4,8-11H2,1-2H3,(H2,23,24)/t17-,18+,21-. The SMILES string of the molecule is CC(C)n1nc(-c2cnc(N)c(C3CC3)c2)cc1[C@@H]1[C@@H]2CN(C3COC3)C[C@@H]21. The van der Waals surface area contributed by atoms with Gasteiger partial charge in [0.05, 0.1) is 24.9 Å². The molecule has 6 nitrogen and oxygen atoms in total. The first kappa shape index (κ1) is 17.0. The monoisotopic (exact) mass is 379 g/mol. The largest absolute Gasteiger partial charge is 0.383 e. The van der Waals surface area contributed by atoms with Crippen molar-refractivity contribution >= 4 is 5.82 Å². The van der Waals surface area contributed by atoms with E-state index in [1.165, 1.54) is 37.2 Å². The van der Waals surface area contributed by atoms with Gasteiger partial charge in [-0.25, -0.2) is 4.98 Å². The molecule has 0 aromatic carbocycles. The van der Waals surface area contributed by atoms with E-state index in [1.807, 2.05) is 6.20 Å². The molecule has 28 heavy (non-hydrogen) atoms. The van der Waals surface area contributed by atoms with Gasteiger partial charge in [-0.05, 0) is 62.1 Å². The Hall–Kier alpha value is -1.92. The first-order valence-electron chi connectivity index (χ1n) is 10.8. The van der Waals surface area contributed by atoms with Crippen LogP contribution in [0.3, 0.4) is 0 Å². The Balaban J connectivity index is 1.28. The van der Waals surface area contributed by atoms with Crippen LogP contribution < -0.4 is 5.73 Å². The lowest BCUT2D eigenvalue weighted by atomic mass is 10.1. The number of fused-ring (bicyclic) bond motifs is 1. The maximum atomic E-state index is 6.12. The molecule has 0 unspecified atom stereocenters. The number of hydrogen-bond donors (Lipinski definition) is 1. The molecule has 2 N–H and O–H groups in total. The summed E-state index contributed by atoms with van der Waals surface area (Å²) >= 11 is 0. The highest BCUT2D eigenvalue weighted by molar-refractivity contribution is 5.63. The molecule has 4 aliphatic rings. The molecule has 0 radical (unpaired) electrons. The van der Waals surface area contributed by atoms with Gasteiger partial charge in [0.25, 0.3) is 0 Å². The van der Waals surface area contributed by atoms with Gasteiger partial charge in [-0.1, -0.05) is 0 Å². The number of aromatic nitrogens is 3. The van der Waals surface area contributed by atoms with E-state index in [4.69, 9.17) is 15.6 Å². The average Bonchev–Trinajstić information content (AvgIpc) is 3.49. The molecule has 4 fully saturated rings. The average molecular weight is 380 g/mol. The molecular formula is C22H29N5O. The summed E-state index contributed by atoms with van der Waals surface area (Å²) in [5.74, 6) is 3.52. The molecule has 2 aliphatic heterocycles. The first-order chi connectivity index (χ1) is 13.6. The van der Waals surface area contributed by atoms with Crippen molar-refractivity contribution in [3.05, 3.63) is 29.6 Å². The van der Waals surface area contributed by atoms with Crippen LogP contribution in [0.1, 0.15) is 55.8 Å². The van der Waals surface area contributed by atoms with Crippen LogP contribution in [0, 0.1) is 11.8 Å². The van der Waals surface area contributed by atoms with Gasteiger partial charge < -0.3 is 10.5 Å². The predicted octanol–water partition coefficient (Wildman–Crippen LogP) is 3.03. The van der Waals surface area contributed by atoms with E-state index in [9.17, 15) is 0 Å². The molecule has 0 amide bonds. The first-order valence-corrected chi connectivity index (χ1v) is 10.8. The highest BCUT2D eigenvalue weighted by Crippen LogP contribution is 2.59. The third-order valence-corrected chi connectivity index (χ3v) is 7.22. The third kappa shape index (κ3) is 2.61. The van der Waals surface area contributed by atoms with E-state index < -0.39 is 0 Å². The maximum Gasteiger partial charge on any atom is 0.126 e. The summed E-state index contributed by atoms with van der Waals surface area (Å²) in [5.41, 5.74) is 10.9. The van der Waals surface area contributed by atoms with Crippen LogP contribution in [0.25, 0.3) is 11.3 Å². The van der Waals surface area contributed by atoms with Gasteiger partial charge in [0.15, 0.2) is 0 Å². The fourth-order valence-electron chi connectivity index (χ4n) is 5.30. The van der Waals surface area contributed by atoms with E-state index in [1.54, 1.807) is 0 Å². The summed E-state index contributed by atoms with van der Waals surface area (Å²) in [6.07, 6.45) is 4.36. The van der Waals surface area contributed by atoms with Crippen molar-refractivity contribution < 1.29 is 4.74 Å². The van der Waals surface area contributed by atoms with E-state index in [-0.39, 0.29) is 0 Å². The molecule has 2 aromatic heterocycles. The van der Waals surface area contributed by atoms with E-state index in [0.29, 0.717) is 29.7 Å². The van der Waals surface area contributed by atoms with Crippen LogP contribution in [0.4, 0.5) is 5.82 Å². The summed E-state index contributed by atoms with van der Waals surface area (Å²) in [6.45, 7) is 8.74. The zero-order valence-corrected chi connectivity index (χ0v) is 16.7. The van der Waals surface area contributed by atoms with Crippen LogP contribution in [0.2, 0.25) is 0 Å². The Morgan fingerprint density at radius 3 is 2.50 bits per heavy atom. The van der Waals surface area contributed by atoms with Crippen LogP contribution in [-0.2, 0) is 4.74 Å². The minimum atomic E-state index is 0.367. The van der Waals surface area contributed by atoms with E-state index in [0.717, 1.165) is 36.3 Å². The number of nitrogens with zero attached hydrogens (tertiary/aromatic N) is 4. The summed E-state index contributed by atoms with van der Waals surface area (Å²) in [7, 11) is 0. The number of pyridine rings is 1. The second kappa shape index (κ2) is 6.04. The van der Waals surface area contributed by atoms with Crippen molar-refractivity contribution in [3.63, 3.8) is 0 Å². The van der Waals surface area contributed by atoms with Crippen molar-refractivity contribution in [2.75, 3.05) is 32.0 Å². The van der Waals surface area contributed by atoms with Crippen LogP contribution in [0.15, 0.2) is 18.3 Å². The van der Waals surface area contributed by atoms with Crippen molar-refractivity contribution in [2.45, 2.75) is 50.6 Å². The van der Waals surface area contributed by atoms with Gasteiger partial charge in [-0.2, -0.15) is 5.10 Å². The highest BCUT2D eigenvalue weighted by atomic mass is 16.5. The lowest BCUT2D eigenvalue weighted by Crippen LogP contribution is -2.48. The Kier molecular flexibility index (Phi) is 3.66. The minimum absolute atomic E-state index is 0.367. The fraction of sp³-hybridized carbons (Fsp3) is 0.636. The molecular weight excluding hydrogens is 350 g/mol. The number of nitrogen functional groups attached to an aromatic ring is 1. The Bertz CT molecular complexity index is 902. The topological polar surface area (TPSA) is 69.2 Å². The lowest BCUT2D eigenvalue weighted by Gasteiger charge is -2.35. The summed E-state index contributed by atoms with van der Waals surface area (Å²) in [4.78, 5) is 7.11. The predicted molar refractivity (Wildman–Crippen MR) is 108 cm³/mol. The zero-order chi connectivity index (χ0) is 19.0. The number of piperidine rings is 1. The van der Waals surface area contributed by atoms with Gasteiger partial charge >= 0.3 is 0 Å². The quantitative estimate of drug-likeness (QED) is 0.865. The zero-order valence-electron chi connectivity index (χ0n) is 16.7. The molecule has 4 heterocycles. The van der Waals surface area contributed by atoms with Gasteiger partial charge in [0.2, 0.25) is 0 Å². The van der Waals surface area contributed by atoms with Gasteiger partial charge in [0, 0.05) is 42.5 Å². The summed E-state index contributed by atoms with van der Waals surface area (Å²) < 4.78 is 7.63. The molecule has 148 valence electrons. The second-order valence-electron chi connectivity index (χ2n) is 9.46. The van der Waals surface area contributed by atoms with Crippen LogP contribution >= 0.6 is 0 Å². The Labute approximate surface area is 166 Å². The summed E-state index contributed by atoms with van der Waals surface area (Å²) in [6, 6.07) is 5.58. The minimum Gasteiger partial charge on any atom is -0.383 e. The molecule has 6 heteroatoms. The molecule has 6 rings (SSSR count). The number of hydrogen-bond acceptors (Lipinski definition) is 5. The summed E-state index contributed by atoms with van der Waals surface area (Å²) in [5, 5.41) is 5.00. The van der Waals surface area contributed by atoms with E-state index >= 15 is 0 Å². The van der Waals surface area contributed by atoms with Gasteiger partial charge in [0.1, 0.15) is 5.82 Å². The van der Waals surface area contributed by atoms with Crippen molar-refractivity contribution in [3.8, 4) is 11.3 Å². The third-order valence-electron chi connectivity index (χ3n) is 7.22. The number of rotatable bonds is 5. The molecule has 2 aromatic rings. The second-order valence-corrected chi connectivity index (χ2v) is 9.46. The molecule has 2 saturated heterocycles. The van der Waals surface area contributed by atoms with Crippen molar-refractivity contribution in [2.24, 2.45) is 11.8 Å². The Morgan fingerprint density at radius 2 is 1.89 bits per heavy atom. The highest BCUT2D eigenvalue weighted by Gasteiger charge is 2.58. The molecule has 3 atom stereocenters. The lowest BCUT2D eigenvalue weighted by molar-refractivity contribution is -0.0610. The molecule has 0 bridgehead atoms. The molecule has 2 aliphatic carbocycles. The van der Waals surface area contributed by atoms with Crippen molar-refractivity contribution in [1.29, 1.82) is 0 Å². The van der Waals surface area contributed by atoms with E-state index in [2.05, 4.69) is 40.5 Å². The maximum absolute atomic E-state index is 6.12. The number of anilines is 1. The fourth-order valence-corrected chi connectivity index (χ4v) is 5.30. The van der Waals surface area contributed by atoms with Gasteiger partial charge in [-0.15, -0.1) is 0 Å². The number of likely N-dealkylation sites (tertiary alicyclic amines) is 1. The number of nitrogens with two attached hydrogens (primary N) is 1. The van der Waals surface area contributed by atoms with Crippen LogP contribution in [-0.4, -0.2) is 52.0 Å². The van der Waals surface area contributed by atoms with Gasteiger partial charge in [-0.3, -0.25) is 9.58 Å². The number of ether oxygens (including phenoxy) is 1. The Morgan fingerprint density at radius 1 is 1.14 bits per heavy atom.